The number of unbranched alkanes of at least 4 members (excludes halogenated alkanes) is 10. The third kappa shape index (κ3) is 11.0. The number of carbonyl (C=O) groups excluding carboxylic acids is 2. The van der Waals surface area contributed by atoms with Crippen LogP contribution in [0.4, 0.5) is 0 Å². The van der Waals surface area contributed by atoms with Crippen LogP contribution in [0.2, 0.25) is 0 Å². The Balaban J connectivity index is 1.77. The van der Waals surface area contributed by atoms with Crippen LogP contribution in [0.3, 0.4) is 0 Å². The second-order valence-electron chi connectivity index (χ2n) is 11.7. The van der Waals surface area contributed by atoms with Crippen molar-refractivity contribution in [2.45, 2.75) is 118 Å². The fraction of sp³-hybridized carbons (Fsp3) is 0.579. The molecule has 6 heteroatoms. The highest BCUT2D eigenvalue weighted by Crippen LogP contribution is 2.43. The van der Waals surface area contributed by atoms with Crippen molar-refractivity contribution in [1.29, 1.82) is 0 Å². The molecule has 0 atom stereocenters. The van der Waals surface area contributed by atoms with Gasteiger partial charge in [0.05, 0.1) is 13.2 Å². The van der Waals surface area contributed by atoms with Gasteiger partial charge in [-0.1, -0.05) is 116 Å². The smallest absolute Gasteiger partial charge is 0.344 e. The topological polar surface area (TPSA) is 71.1 Å². The molecule has 44 heavy (non-hydrogen) atoms. The molecule has 0 fully saturated rings. The second-order valence-corrected chi connectivity index (χ2v) is 11.7. The van der Waals surface area contributed by atoms with Crippen molar-refractivity contribution in [2.75, 3.05) is 26.4 Å². The lowest BCUT2D eigenvalue weighted by molar-refractivity contribution is -0.147. The Hall–Kier alpha value is -3.28. The summed E-state index contributed by atoms with van der Waals surface area (Å²) in [6, 6.07) is 12.4. The Morgan fingerprint density at radius 3 is 1.27 bits per heavy atom. The SMILES string of the molecule is CCCCCCCCOC(=O)COc1c2ccc(CC)cc2c(OCC(=O)OCCCCCCCC)c2ccc(CC)cc12. The zero-order valence-corrected chi connectivity index (χ0v) is 27.6. The van der Waals surface area contributed by atoms with Crippen molar-refractivity contribution < 1.29 is 28.5 Å². The standard InChI is InChI=1S/C38H54O6/c1-5-9-11-13-15-17-23-41-35(39)27-43-37-31-21-19-30(8-4)26-34(31)38(32-22-20-29(7-3)25-33(32)37)44-28-36(40)42-24-18-16-14-12-10-6-2/h19-22,25-26H,5-18,23-24,27-28H2,1-4H3. The largest absolute Gasteiger partial charge is 0.481 e. The summed E-state index contributed by atoms with van der Waals surface area (Å²) in [4.78, 5) is 25.3. The molecule has 0 saturated carbocycles. The quantitative estimate of drug-likeness (QED) is 0.0644. The Labute approximate surface area is 264 Å². The van der Waals surface area contributed by atoms with E-state index in [2.05, 4.69) is 52.0 Å². The maximum Gasteiger partial charge on any atom is 0.344 e. The molecule has 0 unspecified atom stereocenters. The Morgan fingerprint density at radius 1 is 0.500 bits per heavy atom. The summed E-state index contributed by atoms with van der Waals surface area (Å²) in [5.41, 5.74) is 2.28. The first-order valence-electron chi connectivity index (χ1n) is 17.1. The zero-order valence-electron chi connectivity index (χ0n) is 27.6. The van der Waals surface area contributed by atoms with Gasteiger partial charge < -0.3 is 18.9 Å². The van der Waals surface area contributed by atoms with Gasteiger partial charge >= 0.3 is 11.9 Å². The van der Waals surface area contributed by atoms with Crippen LogP contribution in [0.1, 0.15) is 116 Å². The van der Waals surface area contributed by atoms with Crippen LogP contribution in [-0.4, -0.2) is 38.4 Å². The van der Waals surface area contributed by atoms with Crippen LogP contribution >= 0.6 is 0 Å². The predicted octanol–water partition coefficient (Wildman–Crippen LogP) is 9.68. The molecular weight excluding hydrogens is 552 g/mol. The van der Waals surface area contributed by atoms with Gasteiger partial charge in [0.15, 0.2) is 13.2 Å². The first kappa shape index (κ1) is 35.2. The van der Waals surface area contributed by atoms with Crippen molar-refractivity contribution >= 4 is 33.5 Å². The summed E-state index contributed by atoms with van der Waals surface area (Å²) in [5, 5.41) is 3.37. The number of carbonyl (C=O) groups is 2. The van der Waals surface area contributed by atoms with E-state index in [1.165, 1.54) is 51.4 Å². The molecule has 6 nitrogen and oxygen atoms in total. The second kappa shape index (κ2) is 19.9. The minimum atomic E-state index is -0.370. The van der Waals surface area contributed by atoms with E-state index in [9.17, 15) is 9.59 Å². The lowest BCUT2D eigenvalue weighted by Crippen LogP contribution is -2.17. The normalized spacial score (nSPS) is 11.2. The van der Waals surface area contributed by atoms with Gasteiger partial charge in [0, 0.05) is 21.5 Å². The Morgan fingerprint density at radius 2 is 0.886 bits per heavy atom. The van der Waals surface area contributed by atoms with E-state index in [-0.39, 0.29) is 25.2 Å². The Kier molecular flexibility index (Phi) is 15.9. The van der Waals surface area contributed by atoms with Crippen LogP contribution in [-0.2, 0) is 31.9 Å². The van der Waals surface area contributed by atoms with Crippen LogP contribution < -0.4 is 9.47 Å². The van der Waals surface area contributed by atoms with E-state index in [0.29, 0.717) is 24.7 Å². The molecule has 0 heterocycles. The van der Waals surface area contributed by atoms with E-state index in [0.717, 1.165) is 71.2 Å². The average molecular weight is 607 g/mol. The summed E-state index contributed by atoms with van der Waals surface area (Å²) >= 11 is 0. The number of esters is 2. The van der Waals surface area contributed by atoms with Crippen molar-refractivity contribution in [1.82, 2.24) is 0 Å². The van der Waals surface area contributed by atoms with Gasteiger partial charge in [-0.15, -0.1) is 0 Å². The molecule has 3 aromatic carbocycles. The first-order valence-corrected chi connectivity index (χ1v) is 17.1. The fourth-order valence-corrected chi connectivity index (χ4v) is 5.48. The summed E-state index contributed by atoms with van der Waals surface area (Å²) < 4.78 is 23.5. The van der Waals surface area contributed by atoms with E-state index in [1.54, 1.807) is 0 Å². The molecule has 0 bridgehead atoms. The minimum absolute atomic E-state index is 0.170. The lowest BCUT2D eigenvalue weighted by atomic mass is 9.96. The first-order chi connectivity index (χ1) is 21.5. The van der Waals surface area contributed by atoms with Gasteiger partial charge in [-0.25, -0.2) is 9.59 Å². The van der Waals surface area contributed by atoms with Crippen LogP contribution in [0.25, 0.3) is 21.5 Å². The van der Waals surface area contributed by atoms with Gasteiger partial charge in [0.2, 0.25) is 0 Å². The van der Waals surface area contributed by atoms with Gasteiger partial charge in [0.25, 0.3) is 0 Å². The number of hydrogen-bond acceptors (Lipinski definition) is 6. The van der Waals surface area contributed by atoms with Crippen molar-refractivity contribution in [3.63, 3.8) is 0 Å². The van der Waals surface area contributed by atoms with Gasteiger partial charge in [0.1, 0.15) is 11.5 Å². The molecule has 3 aromatic rings. The van der Waals surface area contributed by atoms with E-state index >= 15 is 0 Å². The van der Waals surface area contributed by atoms with E-state index in [4.69, 9.17) is 18.9 Å². The van der Waals surface area contributed by atoms with Gasteiger partial charge in [-0.3, -0.25) is 0 Å². The molecule has 0 amide bonds. The molecule has 0 aliphatic carbocycles. The summed E-state index contributed by atoms with van der Waals surface area (Å²) in [7, 11) is 0. The highest BCUT2D eigenvalue weighted by molar-refractivity contribution is 6.11. The van der Waals surface area contributed by atoms with Crippen molar-refractivity contribution in [2.24, 2.45) is 0 Å². The van der Waals surface area contributed by atoms with Crippen molar-refractivity contribution in [3.05, 3.63) is 47.5 Å². The van der Waals surface area contributed by atoms with Crippen LogP contribution in [0.15, 0.2) is 36.4 Å². The molecule has 0 aliphatic rings. The number of rotatable bonds is 22. The average Bonchev–Trinajstić information content (AvgIpc) is 3.04. The fourth-order valence-electron chi connectivity index (χ4n) is 5.48. The van der Waals surface area contributed by atoms with Crippen LogP contribution in [0.5, 0.6) is 11.5 Å². The monoisotopic (exact) mass is 606 g/mol. The Bertz CT molecular complexity index is 1210. The number of aryl methyl sites for hydroxylation is 2. The third-order valence-electron chi connectivity index (χ3n) is 8.15. The molecule has 0 aromatic heterocycles. The van der Waals surface area contributed by atoms with E-state index in [1.807, 2.05) is 12.1 Å². The van der Waals surface area contributed by atoms with Gasteiger partial charge in [-0.05, 0) is 48.9 Å². The van der Waals surface area contributed by atoms with Crippen LogP contribution in [0, 0.1) is 0 Å². The maximum absolute atomic E-state index is 12.6. The molecule has 0 saturated heterocycles. The number of benzene rings is 3. The molecule has 0 N–H and O–H groups in total. The zero-order chi connectivity index (χ0) is 31.6. The molecule has 242 valence electrons. The lowest BCUT2D eigenvalue weighted by Gasteiger charge is -2.19. The molecule has 0 aliphatic heterocycles. The number of ether oxygens (including phenoxy) is 4. The molecular formula is C38H54O6. The summed E-state index contributed by atoms with van der Waals surface area (Å²) in [5.74, 6) is 0.514. The summed E-state index contributed by atoms with van der Waals surface area (Å²) in [6.45, 7) is 9.10. The summed E-state index contributed by atoms with van der Waals surface area (Å²) in [6.07, 6.45) is 15.3. The third-order valence-corrected chi connectivity index (χ3v) is 8.15. The highest BCUT2D eigenvalue weighted by Gasteiger charge is 2.19. The predicted molar refractivity (Wildman–Crippen MR) is 180 cm³/mol. The molecule has 0 spiro atoms. The van der Waals surface area contributed by atoms with Crippen molar-refractivity contribution in [3.8, 4) is 11.5 Å². The highest BCUT2D eigenvalue weighted by atomic mass is 16.6. The molecule has 3 rings (SSSR count). The minimum Gasteiger partial charge on any atom is -0.481 e. The van der Waals surface area contributed by atoms with Gasteiger partial charge in [-0.2, -0.15) is 0 Å². The van der Waals surface area contributed by atoms with E-state index < -0.39 is 0 Å². The number of fused-ring (bicyclic) bond motifs is 2. The number of hydrogen-bond donors (Lipinski definition) is 0. The molecule has 0 radical (unpaired) electrons. The maximum atomic E-state index is 12.6.